The number of fused-ring (bicyclic) bond motifs is 2. The van der Waals surface area contributed by atoms with Gasteiger partial charge in [0.15, 0.2) is 0 Å². The topological polar surface area (TPSA) is 94.3 Å². The number of benzene rings is 3. The number of ether oxygens (including phenoxy) is 1. The molecule has 1 aromatic heterocycles. The number of methoxy groups -OCH3 is 1. The van der Waals surface area contributed by atoms with Crippen LogP contribution >= 0.6 is 11.6 Å². The molecule has 0 aliphatic rings. The Morgan fingerprint density at radius 3 is 2.39 bits per heavy atom. The highest BCUT2D eigenvalue weighted by Gasteiger charge is 2.12. The molecule has 0 bridgehead atoms. The van der Waals surface area contributed by atoms with E-state index in [0.29, 0.717) is 16.5 Å². The van der Waals surface area contributed by atoms with Crippen LogP contribution in [0.5, 0.6) is 5.75 Å². The highest BCUT2D eigenvalue weighted by molar-refractivity contribution is 7.89. The summed E-state index contributed by atoms with van der Waals surface area (Å²) in [7, 11) is -2.14. The maximum absolute atomic E-state index is 11.5. The Morgan fingerprint density at radius 2 is 1.71 bits per heavy atom. The molecular weight excluding hydrogens is 398 g/mol. The fraction of sp³-hybridized carbons (Fsp3) is 0.0500. The molecule has 28 heavy (non-hydrogen) atoms. The summed E-state index contributed by atoms with van der Waals surface area (Å²) in [6, 6.07) is 17.4. The van der Waals surface area contributed by atoms with Gasteiger partial charge in [-0.05, 0) is 60.7 Å². The van der Waals surface area contributed by atoms with E-state index in [1.807, 2.05) is 24.3 Å². The number of halogens is 1. The summed E-state index contributed by atoms with van der Waals surface area (Å²) in [5.41, 5.74) is 3.05. The highest BCUT2D eigenvalue weighted by Crippen LogP contribution is 2.36. The molecule has 0 aliphatic carbocycles. The molecule has 8 heteroatoms. The van der Waals surface area contributed by atoms with Crippen LogP contribution in [0.4, 0.5) is 11.4 Å². The lowest BCUT2D eigenvalue weighted by Gasteiger charge is -2.14. The Kier molecular flexibility index (Phi) is 4.58. The minimum atomic E-state index is -3.74. The van der Waals surface area contributed by atoms with E-state index < -0.39 is 10.0 Å². The highest BCUT2D eigenvalue weighted by atomic mass is 35.5. The van der Waals surface area contributed by atoms with Gasteiger partial charge in [0.1, 0.15) is 5.75 Å². The monoisotopic (exact) mass is 413 g/mol. The van der Waals surface area contributed by atoms with Crippen LogP contribution in [-0.2, 0) is 10.0 Å². The van der Waals surface area contributed by atoms with Crippen LogP contribution in [-0.4, -0.2) is 20.5 Å². The molecule has 4 aromatic rings. The zero-order chi connectivity index (χ0) is 19.9. The molecule has 3 N–H and O–H groups in total. The van der Waals surface area contributed by atoms with E-state index in [0.717, 1.165) is 27.5 Å². The van der Waals surface area contributed by atoms with Crippen molar-refractivity contribution in [2.24, 2.45) is 5.14 Å². The quantitative estimate of drug-likeness (QED) is 0.482. The van der Waals surface area contributed by atoms with Gasteiger partial charge in [0.2, 0.25) is 10.0 Å². The lowest BCUT2D eigenvalue weighted by atomic mass is 10.1. The molecule has 0 spiro atoms. The number of nitrogens with two attached hydrogens (primary N) is 1. The summed E-state index contributed by atoms with van der Waals surface area (Å²) >= 11 is 6.14. The summed E-state index contributed by atoms with van der Waals surface area (Å²) in [5.74, 6) is 0.704. The third-order valence-electron chi connectivity index (χ3n) is 4.40. The first-order valence-electron chi connectivity index (χ1n) is 8.32. The number of hydrogen-bond acceptors (Lipinski definition) is 5. The zero-order valence-electron chi connectivity index (χ0n) is 14.8. The number of hydrogen-bond donors (Lipinski definition) is 2. The number of nitrogens with zero attached hydrogens (tertiary/aromatic N) is 1. The minimum absolute atomic E-state index is 0.0518. The van der Waals surface area contributed by atoms with E-state index >= 15 is 0 Å². The van der Waals surface area contributed by atoms with Crippen LogP contribution in [0.1, 0.15) is 0 Å². The molecule has 1 heterocycles. The molecule has 0 atom stereocenters. The third-order valence-corrected chi connectivity index (χ3v) is 5.56. The number of anilines is 2. The van der Waals surface area contributed by atoms with Crippen LogP contribution in [0, 0.1) is 0 Å². The maximum atomic E-state index is 11.5. The van der Waals surface area contributed by atoms with Crippen molar-refractivity contribution < 1.29 is 13.2 Å². The lowest BCUT2D eigenvalue weighted by molar-refractivity contribution is 0.415. The van der Waals surface area contributed by atoms with Gasteiger partial charge in [-0.2, -0.15) is 0 Å². The van der Waals surface area contributed by atoms with Crippen molar-refractivity contribution in [3.63, 3.8) is 0 Å². The maximum Gasteiger partial charge on any atom is 0.238 e. The minimum Gasteiger partial charge on any atom is -0.497 e. The average molecular weight is 414 g/mol. The van der Waals surface area contributed by atoms with Crippen molar-refractivity contribution in [3.05, 3.63) is 65.7 Å². The summed E-state index contributed by atoms with van der Waals surface area (Å²) in [6.07, 6.45) is 0. The Morgan fingerprint density at radius 1 is 0.964 bits per heavy atom. The number of aromatic nitrogens is 1. The number of sulfonamides is 1. The molecule has 0 amide bonds. The standard InChI is InChI=1S/C20H16ClN3O3S/c1-27-14-5-9-18-17(11-14)20(16-8-2-12(21)10-19(16)24-18)23-13-3-6-15(7-4-13)28(22,25)26/h2-11H,1H3,(H,23,24)(H2,22,25,26). The molecule has 0 saturated carbocycles. The Labute approximate surface area is 167 Å². The predicted octanol–water partition coefficient (Wildman–Crippen LogP) is 4.44. The summed E-state index contributed by atoms with van der Waals surface area (Å²) in [6.45, 7) is 0. The van der Waals surface area contributed by atoms with Crippen LogP contribution in [0.2, 0.25) is 5.02 Å². The van der Waals surface area contributed by atoms with E-state index in [9.17, 15) is 8.42 Å². The first-order valence-corrected chi connectivity index (χ1v) is 10.2. The molecule has 0 saturated heterocycles. The molecule has 4 rings (SSSR count). The van der Waals surface area contributed by atoms with Crippen LogP contribution in [0.15, 0.2) is 65.6 Å². The van der Waals surface area contributed by atoms with Crippen molar-refractivity contribution in [1.82, 2.24) is 4.98 Å². The molecule has 3 aromatic carbocycles. The summed E-state index contributed by atoms with van der Waals surface area (Å²) in [5, 5.41) is 10.9. The molecule has 142 valence electrons. The SMILES string of the molecule is COc1ccc2nc3cc(Cl)ccc3c(Nc3ccc(S(N)(=O)=O)cc3)c2c1. The van der Waals surface area contributed by atoms with Gasteiger partial charge in [-0.25, -0.2) is 18.5 Å². The van der Waals surface area contributed by atoms with E-state index in [1.54, 1.807) is 31.4 Å². The smallest absolute Gasteiger partial charge is 0.238 e. The second kappa shape index (κ2) is 6.94. The van der Waals surface area contributed by atoms with Crippen molar-refractivity contribution in [3.8, 4) is 5.75 Å². The van der Waals surface area contributed by atoms with E-state index in [1.165, 1.54) is 12.1 Å². The Hall–Kier alpha value is -2.87. The average Bonchev–Trinajstić information content (AvgIpc) is 2.67. The largest absolute Gasteiger partial charge is 0.497 e. The van der Waals surface area contributed by atoms with Gasteiger partial charge in [-0.15, -0.1) is 0 Å². The van der Waals surface area contributed by atoms with Crippen LogP contribution < -0.4 is 15.2 Å². The fourth-order valence-electron chi connectivity index (χ4n) is 3.03. The van der Waals surface area contributed by atoms with E-state index in [2.05, 4.69) is 10.3 Å². The van der Waals surface area contributed by atoms with Gasteiger partial charge in [0.05, 0.1) is 28.7 Å². The molecule has 0 fully saturated rings. The molecule has 0 radical (unpaired) electrons. The number of pyridine rings is 1. The lowest BCUT2D eigenvalue weighted by Crippen LogP contribution is -2.11. The van der Waals surface area contributed by atoms with Gasteiger partial charge >= 0.3 is 0 Å². The van der Waals surface area contributed by atoms with Crippen molar-refractivity contribution in [2.75, 3.05) is 12.4 Å². The van der Waals surface area contributed by atoms with Crippen LogP contribution in [0.3, 0.4) is 0 Å². The first kappa shape index (κ1) is 18.5. The molecular formula is C20H16ClN3O3S. The van der Waals surface area contributed by atoms with Gasteiger partial charge in [0, 0.05) is 21.5 Å². The zero-order valence-corrected chi connectivity index (χ0v) is 16.4. The summed E-state index contributed by atoms with van der Waals surface area (Å²) in [4.78, 5) is 4.74. The Bertz CT molecular complexity index is 1310. The Balaban J connectivity index is 1.91. The first-order chi connectivity index (χ1) is 13.3. The van der Waals surface area contributed by atoms with Crippen LogP contribution in [0.25, 0.3) is 21.8 Å². The van der Waals surface area contributed by atoms with Gasteiger partial charge < -0.3 is 10.1 Å². The van der Waals surface area contributed by atoms with E-state index in [-0.39, 0.29) is 4.90 Å². The van der Waals surface area contributed by atoms with Gasteiger partial charge in [0.25, 0.3) is 0 Å². The fourth-order valence-corrected chi connectivity index (χ4v) is 3.71. The predicted molar refractivity (Wildman–Crippen MR) is 112 cm³/mol. The van der Waals surface area contributed by atoms with E-state index in [4.69, 9.17) is 21.5 Å². The normalized spacial score (nSPS) is 11.7. The van der Waals surface area contributed by atoms with Gasteiger partial charge in [-0.3, -0.25) is 0 Å². The summed E-state index contributed by atoms with van der Waals surface area (Å²) < 4.78 is 28.3. The number of nitrogens with one attached hydrogen (secondary N) is 1. The molecule has 6 nitrogen and oxygen atoms in total. The number of primary sulfonamides is 1. The second-order valence-corrected chi connectivity index (χ2v) is 8.22. The third kappa shape index (κ3) is 3.47. The van der Waals surface area contributed by atoms with Gasteiger partial charge in [-0.1, -0.05) is 11.6 Å². The second-order valence-electron chi connectivity index (χ2n) is 6.23. The van der Waals surface area contributed by atoms with Crippen molar-refractivity contribution in [2.45, 2.75) is 4.90 Å². The molecule has 0 unspecified atom stereocenters. The van der Waals surface area contributed by atoms with Crippen molar-refractivity contribution in [1.29, 1.82) is 0 Å². The van der Waals surface area contributed by atoms with Crippen molar-refractivity contribution >= 4 is 54.8 Å². The number of rotatable bonds is 4. The molecule has 0 aliphatic heterocycles.